The number of hydrogen-bond acceptors (Lipinski definition) is 6. The Morgan fingerprint density at radius 1 is 1.16 bits per heavy atom. The van der Waals surface area contributed by atoms with E-state index in [1.54, 1.807) is 24.4 Å². The molecule has 0 saturated heterocycles. The van der Waals surface area contributed by atoms with E-state index >= 15 is 0 Å². The highest BCUT2D eigenvalue weighted by Crippen LogP contribution is 2.25. The van der Waals surface area contributed by atoms with Crippen LogP contribution in [0.3, 0.4) is 0 Å². The molecule has 32 heavy (non-hydrogen) atoms. The number of allylic oxidation sites excluding steroid dienone is 1. The van der Waals surface area contributed by atoms with E-state index in [-0.39, 0.29) is 17.5 Å². The zero-order chi connectivity index (χ0) is 22.3. The maximum Gasteiger partial charge on any atom is 0.236 e. The SMILES string of the molecule is C=CCn1c(SCC(=O)Nc2ncc(Cc3ccc(F)cc3)s2)nnc1-c1ccccc1. The maximum absolute atomic E-state index is 13.0. The molecule has 1 amide bonds. The lowest BCUT2D eigenvalue weighted by molar-refractivity contribution is -0.113. The van der Waals surface area contributed by atoms with Crippen molar-refractivity contribution in [3.8, 4) is 11.4 Å². The molecule has 0 saturated carbocycles. The average Bonchev–Trinajstić information content (AvgIpc) is 3.41. The van der Waals surface area contributed by atoms with Gasteiger partial charge in [-0.3, -0.25) is 9.36 Å². The minimum Gasteiger partial charge on any atom is -0.301 e. The standard InChI is InChI=1S/C23H20FN5OS2/c1-2-12-29-21(17-6-4-3-5-7-17)27-28-23(29)31-15-20(30)26-22-25-14-19(32-22)13-16-8-10-18(24)11-9-16/h2-11,14H,1,12-13,15H2,(H,25,26,30). The normalized spacial score (nSPS) is 10.8. The average molecular weight is 466 g/mol. The van der Waals surface area contributed by atoms with Crippen LogP contribution in [0.25, 0.3) is 11.4 Å². The molecular weight excluding hydrogens is 445 g/mol. The van der Waals surface area contributed by atoms with Gasteiger partial charge in [0.05, 0.1) is 5.75 Å². The van der Waals surface area contributed by atoms with Crippen LogP contribution in [-0.4, -0.2) is 31.4 Å². The number of benzene rings is 2. The van der Waals surface area contributed by atoms with Gasteiger partial charge in [0, 0.05) is 29.6 Å². The van der Waals surface area contributed by atoms with E-state index in [0.717, 1.165) is 21.8 Å². The molecular formula is C23H20FN5OS2. The number of nitrogens with one attached hydrogen (secondary N) is 1. The molecule has 2 heterocycles. The number of aromatic nitrogens is 4. The van der Waals surface area contributed by atoms with Crippen molar-refractivity contribution in [2.45, 2.75) is 18.1 Å². The summed E-state index contributed by atoms with van der Waals surface area (Å²) in [4.78, 5) is 17.7. The fraction of sp³-hybridized carbons (Fsp3) is 0.130. The van der Waals surface area contributed by atoms with E-state index in [4.69, 9.17) is 0 Å². The van der Waals surface area contributed by atoms with Gasteiger partial charge in [-0.1, -0.05) is 60.3 Å². The highest BCUT2D eigenvalue weighted by molar-refractivity contribution is 7.99. The molecule has 0 aliphatic carbocycles. The number of nitrogens with zero attached hydrogens (tertiary/aromatic N) is 4. The lowest BCUT2D eigenvalue weighted by Crippen LogP contribution is -2.14. The lowest BCUT2D eigenvalue weighted by atomic mass is 10.1. The Kier molecular flexibility index (Phi) is 7.08. The van der Waals surface area contributed by atoms with Crippen LogP contribution in [0.15, 0.2) is 78.6 Å². The molecule has 0 aliphatic rings. The van der Waals surface area contributed by atoms with Crippen LogP contribution in [0.5, 0.6) is 0 Å². The van der Waals surface area contributed by atoms with Crippen molar-refractivity contribution in [1.29, 1.82) is 0 Å². The Morgan fingerprint density at radius 3 is 2.69 bits per heavy atom. The van der Waals surface area contributed by atoms with Gasteiger partial charge in [0.2, 0.25) is 5.91 Å². The molecule has 0 aliphatic heterocycles. The summed E-state index contributed by atoms with van der Waals surface area (Å²) in [5.41, 5.74) is 1.94. The molecule has 0 spiro atoms. The summed E-state index contributed by atoms with van der Waals surface area (Å²) in [6.45, 7) is 4.35. The quantitative estimate of drug-likeness (QED) is 0.277. The van der Waals surface area contributed by atoms with E-state index in [0.29, 0.717) is 23.3 Å². The van der Waals surface area contributed by atoms with Crippen molar-refractivity contribution in [2.75, 3.05) is 11.1 Å². The Morgan fingerprint density at radius 2 is 1.94 bits per heavy atom. The highest BCUT2D eigenvalue weighted by atomic mass is 32.2. The van der Waals surface area contributed by atoms with E-state index in [9.17, 15) is 9.18 Å². The third-order valence-electron chi connectivity index (χ3n) is 4.48. The van der Waals surface area contributed by atoms with Crippen molar-refractivity contribution in [1.82, 2.24) is 19.7 Å². The summed E-state index contributed by atoms with van der Waals surface area (Å²) >= 11 is 2.71. The first-order valence-corrected chi connectivity index (χ1v) is 11.6. The van der Waals surface area contributed by atoms with Gasteiger partial charge in [-0.05, 0) is 17.7 Å². The molecule has 0 atom stereocenters. The van der Waals surface area contributed by atoms with Crippen LogP contribution in [-0.2, 0) is 17.8 Å². The number of hydrogen-bond donors (Lipinski definition) is 1. The minimum absolute atomic E-state index is 0.174. The Balaban J connectivity index is 1.36. The molecule has 162 valence electrons. The van der Waals surface area contributed by atoms with Crippen LogP contribution in [0.4, 0.5) is 9.52 Å². The first-order valence-electron chi connectivity index (χ1n) is 9.83. The second-order valence-electron chi connectivity index (χ2n) is 6.84. The number of halogens is 1. The molecule has 2 aromatic carbocycles. The summed E-state index contributed by atoms with van der Waals surface area (Å²) < 4.78 is 15.0. The van der Waals surface area contributed by atoms with Gasteiger partial charge in [0.1, 0.15) is 5.82 Å². The third-order valence-corrected chi connectivity index (χ3v) is 6.36. The number of carbonyl (C=O) groups is 1. The minimum atomic E-state index is -0.261. The van der Waals surface area contributed by atoms with Crippen LogP contribution in [0.2, 0.25) is 0 Å². The number of amides is 1. The predicted octanol–water partition coefficient (Wildman–Crippen LogP) is 5.05. The van der Waals surface area contributed by atoms with Crippen molar-refractivity contribution in [2.24, 2.45) is 0 Å². The number of thiazole rings is 1. The van der Waals surface area contributed by atoms with Crippen molar-refractivity contribution in [3.63, 3.8) is 0 Å². The lowest BCUT2D eigenvalue weighted by Gasteiger charge is -2.07. The fourth-order valence-corrected chi connectivity index (χ4v) is 4.64. The van der Waals surface area contributed by atoms with Crippen LogP contribution in [0.1, 0.15) is 10.4 Å². The zero-order valence-electron chi connectivity index (χ0n) is 17.1. The first-order chi connectivity index (χ1) is 15.6. The van der Waals surface area contributed by atoms with Crippen LogP contribution < -0.4 is 5.32 Å². The summed E-state index contributed by atoms with van der Waals surface area (Å²) in [7, 11) is 0. The molecule has 6 nitrogen and oxygen atoms in total. The summed E-state index contributed by atoms with van der Waals surface area (Å²) in [5, 5.41) is 12.6. The van der Waals surface area contributed by atoms with Crippen molar-refractivity contribution in [3.05, 3.63) is 89.7 Å². The van der Waals surface area contributed by atoms with Crippen molar-refractivity contribution < 1.29 is 9.18 Å². The van der Waals surface area contributed by atoms with E-state index in [1.165, 1.54) is 35.2 Å². The van der Waals surface area contributed by atoms with E-state index in [2.05, 4.69) is 27.1 Å². The molecule has 2 aromatic heterocycles. The summed E-state index contributed by atoms with van der Waals surface area (Å²) in [6.07, 6.45) is 4.14. The first kappa shape index (κ1) is 21.9. The monoisotopic (exact) mass is 465 g/mol. The van der Waals surface area contributed by atoms with Gasteiger partial charge in [0.15, 0.2) is 16.1 Å². The summed E-state index contributed by atoms with van der Waals surface area (Å²) in [5.74, 6) is 0.478. The fourth-order valence-electron chi connectivity index (χ4n) is 3.03. The number of rotatable bonds is 9. The van der Waals surface area contributed by atoms with Gasteiger partial charge in [-0.15, -0.1) is 28.1 Å². The van der Waals surface area contributed by atoms with Gasteiger partial charge in [0.25, 0.3) is 0 Å². The van der Waals surface area contributed by atoms with Crippen LogP contribution >= 0.6 is 23.1 Å². The third kappa shape index (κ3) is 5.49. The topological polar surface area (TPSA) is 72.7 Å². The van der Waals surface area contributed by atoms with E-state index < -0.39 is 0 Å². The molecule has 4 aromatic rings. The Bertz CT molecular complexity index is 1200. The zero-order valence-corrected chi connectivity index (χ0v) is 18.7. The Hall–Kier alpha value is -3.30. The number of thioether (sulfide) groups is 1. The smallest absolute Gasteiger partial charge is 0.236 e. The molecule has 4 rings (SSSR count). The molecule has 0 fully saturated rings. The molecule has 0 unspecified atom stereocenters. The van der Waals surface area contributed by atoms with Gasteiger partial charge >= 0.3 is 0 Å². The molecule has 0 bridgehead atoms. The molecule has 0 radical (unpaired) electrons. The second kappa shape index (κ2) is 10.3. The summed E-state index contributed by atoms with van der Waals surface area (Å²) in [6, 6.07) is 16.1. The number of anilines is 1. The van der Waals surface area contributed by atoms with Gasteiger partial charge < -0.3 is 5.32 Å². The van der Waals surface area contributed by atoms with Gasteiger partial charge in [-0.25, -0.2) is 9.37 Å². The van der Waals surface area contributed by atoms with Crippen LogP contribution in [0, 0.1) is 5.82 Å². The highest BCUT2D eigenvalue weighted by Gasteiger charge is 2.15. The second-order valence-corrected chi connectivity index (χ2v) is 8.90. The van der Waals surface area contributed by atoms with Gasteiger partial charge in [-0.2, -0.15) is 0 Å². The van der Waals surface area contributed by atoms with E-state index in [1.807, 2.05) is 34.9 Å². The van der Waals surface area contributed by atoms with Crippen molar-refractivity contribution >= 4 is 34.1 Å². The maximum atomic E-state index is 13.0. The Labute approximate surface area is 193 Å². The molecule has 9 heteroatoms. The largest absolute Gasteiger partial charge is 0.301 e. The number of carbonyl (C=O) groups excluding carboxylic acids is 1. The predicted molar refractivity (Wildman–Crippen MR) is 126 cm³/mol. The molecule has 1 N–H and O–H groups in total.